The quantitative estimate of drug-likeness (QED) is 0.826. The molecule has 2 heterocycles. The smallest absolute Gasteiger partial charge is 0.338 e. The predicted octanol–water partition coefficient (Wildman–Crippen LogP) is 3.43. The zero-order valence-corrected chi connectivity index (χ0v) is 14.7. The van der Waals surface area contributed by atoms with Gasteiger partial charge in [-0.2, -0.15) is 0 Å². The van der Waals surface area contributed by atoms with Crippen LogP contribution < -0.4 is 5.32 Å². The van der Waals surface area contributed by atoms with Crippen LogP contribution >= 0.6 is 27.3 Å². The first-order valence-corrected chi connectivity index (χ1v) is 8.11. The van der Waals surface area contributed by atoms with Crippen molar-refractivity contribution < 1.29 is 14.3 Å². The second-order valence-corrected chi connectivity index (χ2v) is 7.47. The summed E-state index contributed by atoms with van der Waals surface area (Å²) in [7, 11) is 1.35. The van der Waals surface area contributed by atoms with Gasteiger partial charge in [-0.1, -0.05) is 0 Å². The second kappa shape index (κ2) is 6.19. The molecule has 0 spiro atoms. The molecule has 21 heavy (non-hydrogen) atoms. The Balaban J connectivity index is 2.55. The highest BCUT2D eigenvalue weighted by Crippen LogP contribution is 2.36. The van der Waals surface area contributed by atoms with Crippen molar-refractivity contribution in [2.45, 2.75) is 32.9 Å². The van der Waals surface area contributed by atoms with Crippen LogP contribution in [0.25, 0.3) is 0 Å². The van der Waals surface area contributed by atoms with E-state index < -0.39 is 12.0 Å². The molecular formula is C14H17BrN2O3S. The molecule has 1 N–H and O–H groups in total. The molecule has 0 bridgehead atoms. The van der Waals surface area contributed by atoms with Crippen molar-refractivity contribution in [1.82, 2.24) is 10.2 Å². The Morgan fingerprint density at radius 1 is 1.48 bits per heavy atom. The molecule has 2 rings (SSSR count). The van der Waals surface area contributed by atoms with E-state index in [-0.39, 0.29) is 12.1 Å². The fourth-order valence-electron chi connectivity index (χ4n) is 2.45. The van der Waals surface area contributed by atoms with Gasteiger partial charge in [-0.15, -0.1) is 11.3 Å². The molecule has 1 aliphatic heterocycles. The van der Waals surface area contributed by atoms with Crippen LogP contribution in [0.5, 0.6) is 0 Å². The average Bonchev–Trinajstić information content (AvgIpc) is 2.83. The number of carbonyl (C=O) groups is 2. The molecule has 0 fully saturated rings. The number of hydrogen-bond acceptors (Lipinski definition) is 4. The summed E-state index contributed by atoms with van der Waals surface area (Å²) < 4.78 is 5.84. The Labute approximate surface area is 136 Å². The van der Waals surface area contributed by atoms with Crippen LogP contribution in [0.3, 0.4) is 0 Å². The highest BCUT2D eigenvalue weighted by molar-refractivity contribution is 9.11. The maximum absolute atomic E-state index is 12.3. The lowest BCUT2D eigenvalue weighted by atomic mass is 10.00. The molecule has 0 saturated carbocycles. The molecule has 1 aromatic rings. The van der Waals surface area contributed by atoms with Crippen LogP contribution in [0.2, 0.25) is 0 Å². The fourth-order valence-corrected chi connectivity index (χ4v) is 3.94. The van der Waals surface area contributed by atoms with Gasteiger partial charge in [0.25, 0.3) is 0 Å². The summed E-state index contributed by atoms with van der Waals surface area (Å²) in [6.07, 6.45) is 0. The summed E-state index contributed by atoms with van der Waals surface area (Å²) in [5, 5.41) is 2.89. The summed E-state index contributed by atoms with van der Waals surface area (Å²) in [5.74, 6) is -0.423. The first-order chi connectivity index (χ1) is 9.86. The molecule has 1 aromatic heterocycles. The first kappa shape index (κ1) is 16.0. The van der Waals surface area contributed by atoms with Crippen molar-refractivity contribution in [3.05, 3.63) is 32.1 Å². The highest BCUT2D eigenvalue weighted by Gasteiger charge is 2.37. The molecule has 0 unspecified atom stereocenters. The number of carbonyl (C=O) groups excluding carboxylic acids is 2. The normalized spacial score (nSPS) is 19.0. The number of allylic oxidation sites excluding steroid dienone is 1. The fraction of sp³-hybridized carbons (Fsp3) is 0.429. The minimum Gasteiger partial charge on any atom is -0.466 e. The van der Waals surface area contributed by atoms with Crippen molar-refractivity contribution in [2.24, 2.45) is 0 Å². The van der Waals surface area contributed by atoms with Gasteiger partial charge < -0.3 is 10.1 Å². The Morgan fingerprint density at radius 2 is 2.14 bits per heavy atom. The topological polar surface area (TPSA) is 58.6 Å². The zero-order valence-electron chi connectivity index (χ0n) is 12.3. The third kappa shape index (κ3) is 2.98. The van der Waals surface area contributed by atoms with E-state index in [1.807, 2.05) is 26.0 Å². The molecule has 1 atom stereocenters. The van der Waals surface area contributed by atoms with E-state index >= 15 is 0 Å². The summed E-state index contributed by atoms with van der Waals surface area (Å²) in [6, 6.07) is 3.06. The van der Waals surface area contributed by atoms with E-state index in [0.29, 0.717) is 11.3 Å². The highest BCUT2D eigenvalue weighted by atomic mass is 79.9. The number of amides is 2. The number of hydrogen-bond donors (Lipinski definition) is 1. The van der Waals surface area contributed by atoms with Crippen LogP contribution in [0.1, 0.15) is 31.7 Å². The lowest BCUT2D eigenvalue weighted by molar-refractivity contribution is -0.136. The van der Waals surface area contributed by atoms with E-state index in [4.69, 9.17) is 4.74 Å². The van der Waals surface area contributed by atoms with Crippen LogP contribution in [0, 0.1) is 0 Å². The Bertz CT molecular complexity index is 609. The summed E-state index contributed by atoms with van der Waals surface area (Å²) in [5.41, 5.74) is 1.11. The second-order valence-electron chi connectivity index (χ2n) is 4.98. The van der Waals surface area contributed by atoms with E-state index in [9.17, 15) is 9.59 Å². The van der Waals surface area contributed by atoms with Crippen LogP contribution in [-0.4, -0.2) is 30.1 Å². The summed E-state index contributed by atoms with van der Waals surface area (Å²) in [4.78, 5) is 27.0. The van der Waals surface area contributed by atoms with E-state index in [1.54, 1.807) is 11.8 Å². The van der Waals surface area contributed by atoms with Gasteiger partial charge >= 0.3 is 12.0 Å². The van der Waals surface area contributed by atoms with E-state index in [0.717, 1.165) is 8.66 Å². The minimum absolute atomic E-state index is 0.0410. The number of urea groups is 1. The van der Waals surface area contributed by atoms with Crippen LogP contribution in [0.4, 0.5) is 4.79 Å². The van der Waals surface area contributed by atoms with Crippen molar-refractivity contribution in [1.29, 1.82) is 0 Å². The van der Waals surface area contributed by atoms with Crippen LogP contribution in [-0.2, 0) is 9.53 Å². The maximum Gasteiger partial charge on any atom is 0.338 e. The van der Waals surface area contributed by atoms with Crippen molar-refractivity contribution in [3.8, 4) is 0 Å². The lowest BCUT2D eigenvalue weighted by Gasteiger charge is -2.36. The number of methoxy groups -OCH3 is 1. The third-order valence-corrected chi connectivity index (χ3v) is 5.02. The zero-order chi connectivity index (χ0) is 15.7. The van der Waals surface area contributed by atoms with Gasteiger partial charge in [0, 0.05) is 16.6 Å². The molecule has 0 aromatic carbocycles. The number of halogens is 1. The Kier molecular flexibility index (Phi) is 4.73. The van der Waals surface area contributed by atoms with Gasteiger partial charge in [-0.25, -0.2) is 9.59 Å². The van der Waals surface area contributed by atoms with Crippen molar-refractivity contribution in [3.63, 3.8) is 0 Å². The van der Waals surface area contributed by atoms with Crippen molar-refractivity contribution in [2.75, 3.05) is 7.11 Å². The monoisotopic (exact) mass is 372 g/mol. The van der Waals surface area contributed by atoms with Gasteiger partial charge in [0.2, 0.25) is 0 Å². The largest absolute Gasteiger partial charge is 0.466 e. The van der Waals surface area contributed by atoms with E-state index in [2.05, 4.69) is 21.2 Å². The lowest BCUT2D eigenvalue weighted by Crippen LogP contribution is -2.50. The van der Waals surface area contributed by atoms with Gasteiger partial charge in [0.1, 0.15) is 0 Å². The first-order valence-electron chi connectivity index (χ1n) is 6.50. The Hall–Kier alpha value is -1.34. The minimum atomic E-state index is -0.476. The summed E-state index contributed by atoms with van der Waals surface area (Å²) >= 11 is 4.88. The number of ether oxygens (including phenoxy) is 1. The molecule has 2 amide bonds. The number of nitrogens with zero attached hydrogens (tertiary/aromatic N) is 1. The SMILES string of the molecule is COC(=O)C1=C(C)N(C(C)C)C(=O)N[C@H]1c1ccc(Br)s1. The van der Waals surface area contributed by atoms with Gasteiger partial charge in [0.15, 0.2) is 0 Å². The molecule has 5 nitrogen and oxygen atoms in total. The molecule has 0 aliphatic carbocycles. The van der Waals surface area contributed by atoms with Crippen molar-refractivity contribution >= 4 is 39.3 Å². The van der Waals surface area contributed by atoms with Crippen LogP contribution in [0.15, 0.2) is 27.2 Å². The summed E-state index contributed by atoms with van der Waals surface area (Å²) in [6.45, 7) is 5.58. The molecule has 0 saturated heterocycles. The van der Waals surface area contributed by atoms with Gasteiger partial charge in [0.05, 0.1) is 22.5 Å². The maximum atomic E-state index is 12.3. The van der Waals surface area contributed by atoms with Gasteiger partial charge in [-0.05, 0) is 48.8 Å². The van der Waals surface area contributed by atoms with E-state index in [1.165, 1.54) is 18.4 Å². The average molecular weight is 373 g/mol. The molecule has 1 aliphatic rings. The van der Waals surface area contributed by atoms with Gasteiger partial charge in [-0.3, -0.25) is 4.90 Å². The molecule has 114 valence electrons. The predicted molar refractivity (Wildman–Crippen MR) is 85.0 cm³/mol. The number of rotatable bonds is 3. The third-order valence-electron chi connectivity index (χ3n) is 3.33. The Morgan fingerprint density at radius 3 is 2.62 bits per heavy atom. The number of esters is 1. The number of nitrogens with one attached hydrogen (secondary N) is 1. The standard InChI is InChI=1S/C14H17BrN2O3S/c1-7(2)17-8(3)11(13(18)20-4)12(16-14(17)19)9-5-6-10(15)21-9/h5-7,12H,1-4H3,(H,16,19)/t12-/m0/s1. The number of thiophene rings is 1. The molecular weight excluding hydrogens is 356 g/mol. The molecule has 7 heteroatoms. The molecule has 0 radical (unpaired) electrons.